The predicted octanol–water partition coefficient (Wildman–Crippen LogP) is 4.62. The lowest BCUT2D eigenvalue weighted by molar-refractivity contribution is -0.132. The van der Waals surface area contributed by atoms with Gasteiger partial charge in [-0.1, -0.05) is 70.2 Å². The zero-order chi connectivity index (χ0) is 38.2. The molecule has 12 nitrogen and oxygen atoms in total. The number of amides is 3. The highest BCUT2D eigenvalue weighted by molar-refractivity contribution is 7.09. The molecule has 1 saturated heterocycles. The van der Waals surface area contributed by atoms with Crippen molar-refractivity contribution in [1.82, 2.24) is 30.3 Å². The van der Waals surface area contributed by atoms with Gasteiger partial charge in [-0.3, -0.25) is 24.3 Å². The Morgan fingerprint density at radius 2 is 1.69 bits per heavy atom. The van der Waals surface area contributed by atoms with Crippen LogP contribution in [-0.4, -0.2) is 111 Å². The molecule has 0 unspecified atom stereocenters. The maximum atomic E-state index is 14.1. The summed E-state index contributed by atoms with van der Waals surface area (Å²) < 4.78 is 5.55. The summed E-state index contributed by atoms with van der Waals surface area (Å²) in [6.07, 6.45) is -1.41. The predicted molar refractivity (Wildman–Crippen MR) is 203 cm³/mol. The number of aliphatic hydroxyl groups excluding tert-OH is 1. The molecule has 284 valence electrons. The molecule has 1 fully saturated rings. The Morgan fingerprint density at radius 1 is 1.02 bits per heavy atom. The summed E-state index contributed by atoms with van der Waals surface area (Å²) in [5.74, 6) is -0.255. The largest absolute Gasteiger partial charge is 0.508 e. The zero-order valence-electron chi connectivity index (χ0n) is 31.7. The van der Waals surface area contributed by atoms with E-state index in [0.717, 1.165) is 16.1 Å². The highest BCUT2D eigenvalue weighted by Gasteiger charge is 2.38. The molecule has 2 heterocycles. The first-order chi connectivity index (χ1) is 24.5. The fraction of sp³-hybridized carbons (Fsp3) is 0.538. The molecule has 1 aliphatic heterocycles. The van der Waals surface area contributed by atoms with Crippen molar-refractivity contribution in [2.45, 2.75) is 97.1 Å². The summed E-state index contributed by atoms with van der Waals surface area (Å²) >= 11 is 1.41. The van der Waals surface area contributed by atoms with E-state index in [1.165, 1.54) is 23.3 Å². The number of phenols is 1. The third-order valence-electron chi connectivity index (χ3n) is 9.02. The van der Waals surface area contributed by atoms with Gasteiger partial charge in [0.2, 0.25) is 17.7 Å². The van der Waals surface area contributed by atoms with Gasteiger partial charge in [-0.15, -0.1) is 11.3 Å². The minimum atomic E-state index is -1.05. The summed E-state index contributed by atoms with van der Waals surface area (Å²) in [7, 11) is 1.53. The van der Waals surface area contributed by atoms with Crippen LogP contribution in [-0.2, 0) is 22.6 Å². The second kappa shape index (κ2) is 18.1. The van der Waals surface area contributed by atoms with E-state index in [9.17, 15) is 24.6 Å². The number of phenolic OH excluding ortho intramolecular Hbond substituents is 1. The number of β-amino-alcohol motifs (C(OH)–C–C–N with tert-alkyl or cyclic N) is 1. The first-order valence-electron chi connectivity index (χ1n) is 18.0. The van der Waals surface area contributed by atoms with Crippen LogP contribution in [0.4, 0.5) is 4.79 Å². The van der Waals surface area contributed by atoms with E-state index in [0.29, 0.717) is 32.6 Å². The zero-order valence-corrected chi connectivity index (χ0v) is 32.5. The van der Waals surface area contributed by atoms with E-state index >= 15 is 0 Å². The highest BCUT2D eigenvalue weighted by atomic mass is 32.1. The van der Waals surface area contributed by atoms with Gasteiger partial charge in [-0.25, -0.2) is 9.78 Å². The molecular weight excluding hydrogens is 681 g/mol. The Bertz CT molecular complexity index is 1610. The number of aromatic nitrogens is 1. The number of hydrogen-bond acceptors (Lipinski definition) is 10. The van der Waals surface area contributed by atoms with E-state index in [4.69, 9.17) is 4.74 Å². The molecule has 0 aliphatic carbocycles. The second-order valence-electron chi connectivity index (χ2n) is 15.4. The SMILES string of the molecule is CC(C)c1nc(OC(=O)N(C)[C@H](C(=O)N[C@@H](Cc2ccccc2)[C@H](O)CN2CCN(Cc3ccc(O)cc3)C[C@H]2C(=O)NC(C)(C)C)C(C)C)cs1. The normalized spacial score (nSPS) is 17.4. The number of benzene rings is 2. The summed E-state index contributed by atoms with van der Waals surface area (Å²) in [5, 5.41) is 30.3. The maximum Gasteiger partial charge on any atom is 0.417 e. The number of likely N-dealkylation sites (N-methyl/N-ethyl adjacent to an activating group) is 1. The van der Waals surface area contributed by atoms with Crippen LogP contribution < -0.4 is 15.4 Å². The Labute approximate surface area is 312 Å². The molecule has 0 radical (unpaired) electrons. The van der Waals surface area contributed by atoms with Crippen LogP contribution in [0.5, 0.6) is 11.6 Å². The molecule has 4 N–H and O–H groups in total. The molecule has 13 heteroatoms. The summed E-state index contributed by atoms with van der Waals surface area (Å²) in [4.78, 5) is 50.9. The molecule has 52 heavy (non-hydrogen) atoms. The quantitative estimate of drug-likeness (QED) is 0.186. The van der Waals surface area contributed by atoms with Crippen molar-refractivity contribution < 1.29 is 29.3 Å². The number of hydrogen-bond donors (Lipinski definition) is 4. The number of ether oxygens (including phenoxy) is 1. The number of carbonyl (C=O) groups excluding carboxylic acids is 3. The monoisotopic (exact) mass is 736 g/mol. The number of nitrogens with one attached hydrogen (secondary N) is 2. The summed E-state index contributed by atoms with van der Waals surface area (Å²) in [5.41, 5.74) is 1.48. The van der Waals surface area contributed by atoms with Crippen molar-refractivity contribution in [3.05, 3.63) is 76.1 Å². The number of thiazole rings is 1. The van der Waals surface area contributed by atoms with Crippen LogP contribution in [0.15, 0.2) is 60.0 Å². The fourth-order valence-electron chi connectivity index (χ4n) is 6.37. The number of piperazine rings is 1. The molecule has 1 aromatic heterocycles. The molecule has 4 atom stereocenters. The first kappa shape index (κ1) is 40.7. The van der Waals surface area contributed by atoms with Gasteiger partial charge in [0.05, 0.1) is 22.5 Å². The number of aromatic hydroxyl groups is 1. The molecule has 2 aromatic carbocycles. The van der Waals surface area contributed by atoms with Gasteiger partial charge < -0.3 is 25.6 Å². The number of aliphatic hydroxyl groups is 1. The van der Waals surface area contributed by atoms with Gasteiger partial charge in [-0.05, 0) is 56.4 Å². The Hall–Kier alpha value is -4.04. The number of carbonyl (C=O) groups is 3. The number of nitrogens with zero attached hydrogens (tertiary/aromatic N) is 4. The summed E-state index contributed by atoms with van der Waals surface area (Å²) in [6.45, 7) is 15.9. The molecule has 3 amide bonds. The van der Waals surface area contributed by atoms with E-state index in [1.54, 1.807) is 17.5 Å². The van der Waals surface area contributed by atoms with Gasteiger partial charge in [-0.2, -0.15) is 0 Å². The van der Waals surface area contributed by atoms with Crippen LogP contribution in [0.1, 0.15) is 70.5 Å². The standard InChI is InChI=1S/C39H56N6O6S/c1-25(2)34(43(8)38(50)51-33-24-52-37(41-33)26(3)4)36(49)40-30(20-27-12-10-9-11-13-27)32(47)23-45-19-18-44(21-28-14-16-29(46)17-15-28)22-31(45)35(48)42-39(5,6)7/h9-17,24-26,30-32,34,46-47H,18-23H2,1-8H3,(H,40,49)(H,42,48)/t30-,31-,32+,34-/m0/s1. The van der Waals surface area contributed by atoms with Crippen molar-refractivity contribution in [1.29, 1.82) is 0 Å². The third-order valence-corrected chi connectivity index (χ3v) is 10.1. The van der Waals surface area contributed by atoms with Gasteiger partial charge in [0.1, 0.15) is 17.8 Å². The molecule has 4 rings (SSSR count). The Balaban J connectivity index is 1.52. The third kappa shape index (κ3) is 11.7. The van der Waals surface area contributed by atoms with E-state index in [1.807, 2.05) is 95.8 Å². The minimum Gasteiger partial charge on any atom is -0.508 e. The first-order valence-corrected chi connectivity index (χ1v) is 18.9. The smallest absolute Gasteiger partial charge is 0.417 e. The van der Waals surface area contributed by atoms with Gasteiger partial charge >= 0.3 is 6.09 Å². The lowest BCUT2D eigenvalue weighted by atomic mass is 9.97. The van der Waals surface area contributed by atoms with Crippen molar-refractivity contribution in [2.24, 2.45) is 5.92 Å². The average molecular weight is 737 g/mol. The molecule has 0 saturated carbocycles. The average Bonchev–Trinajstić information content (AvgIpc) is 3.54. The molecule has 0 spiro atoms. The van der Waals surface area contributed by atoms with E-state index < -0.39 is 41.8 Å². The fourth-order valence-corrected chi connectivity index (χ4v) is 7.11. The lowest BCUT2D eigenvalue weighted by Gasteiger charge is -2.43. The van der Waals surface area contributed by atoms with Crippen LogP contribution in [0.3, 0.4) is 0 Å². The topological polar surface area (TPSA) is 148 Å². The van der Waals surface area contributed by atoms with Crippen LogP contribution >= 0.6 is 11.3 Å². The van der Waals surface area contributed by atoms with Crippen molar-refractivity contribution in [3.63, 3.8) is 0 Å². The molecule has 3 aromatic rings. The van der Waals surface area contributed by atoms with Crippen molar-refractivity contribution in [2.75, 3.05) is 33.2 Å². The van der Waals surface area contributed by atoms with Gasteiger partial charge in [0.15, 0.2) is 0 Å². The number of rotatable bonds is 14. The Morgan fingerprint density at radius 3 is 2.29 bits per heavy atom. The van der Waals surface area contributed by atoms with Crippen LogP contribution in [0.25, 0.3) is 0 Å². The second-order valence-corrected chi connectivity index (χ2v) is 16.3. The van der Waals surface area contributed by atoms with Crippen molar-refractivity contribution >= 4 is 29.2 Å². The van der Waals surface area contributed by atoms with Gasteiger partial charge in [0, 0.05) is 51.2 Å². The molecular formula is C39H56N6O6S. The lowest BCUT2D eigenvalue weighted by Crippen LogP contribution is -2.63. The summed E-state index contributed by atoms with van der Waals surface area (Å²) in [6, 6.07) is 14.5. The highest BCUT2D eigenvalue weighted by Crippen LogP contribution is 2.25. The Kier molecular flexibility index (Phi) is 14.2. The minimum absolute atomic E-state index is 0.138. The van der Waals surface area contributed by atoms with Crippen LogP contribution in [0, 0.1) is 5.92 Å². The van der Waals surface area contributed by atoms with Crippen molar-refractivity contribution in [3.8, 4) is 11.6 Å². The molecule has 0 bridgehead atoms. The van der Waals surface area contributed by atoms with Crippen LogP contribution in [0.2, 0.25) is 0 Å². The van der Waals surface area contributed by atoms with E-state index in [-0.39, 0.29) is 35.9 Å². The molecule has 1 aliphatic rings. The maximum absolute atomic E-state index is 14.1. The van der Waals surface area contributed by atoms with E-state index in [2.05, 4.69) is 20.5 Å². The van der Waals surface area contributed by atoms with Gasteiger partial charge in [0.25, 0.3) is 0 Å².